The van der Waals surface area contributed by atoms with E-state index in [2.05, 4.69) is 43.4 Å². The van der Waals surface area contributed by atoms with Crippen molar-refractivity contribution in [3.05, 3.63) is 130 Å². The van der Waals surface area contributed by atoms with Crippen molar-refractivity contribution in [2.45, 2.75) is 103 Å². The molecule has 2 amide bonds. The number of hydrogen-bond acceptors (Lipinski definition) is 6. The molecular weight excluding hydrogens is 701 g/mol. The van der Waals surface area contributed by atoms with Gasteiger partial charge in [0.2, 0.25) is 0 Å². The molecule has 0 aromatic heterocycles. The molecule has 0 heterocycles. The number of allylic oxidation sites excluding steroid dienone is 2. The zero-order chi connectivity index (χ0) is 40.0. The number of ether oxygens (including phenoxy) is 2. The number of fused-ring (bicyclic) bond motifs is 8. The van der Waals surface area contributed by atoms with Crippen LogP contribution >= 0.6 is 0 Å². The van der Waals surface area contributed by atoms with Gasteiger partial charge in [0.15, 0.2) is 5.78 Å². The molecule has 8 nitrogen and oxygen atoms in total. The molecule has 0 aliphatic heterocycles. The summed E-state index contributed by atoms with van der Waals surface area (Å²) in [5.74, 6) is 0.977. The third kappa shape index (κ3) is 8.87. The number of methoxy groups -OCH3 is 2. The van der Waals surface area contributed by atoms with E-state index in [1.807, 2.05) is 80.6 Å². The highest BCUT2D eigenvalue weighted by Crippen LogP contribution is 2.59. The smallest absolute Gasteiger partial charge is 0.317 e. The lowest BCUT2D eigenvalue weighted by atomic mass is 9.64. The molecule has 0 radical (unpaired) electrons. The quantitative estimate of drug-likeness (QED) is 0.110. The Labute approximate surface area is 332 Å². The fourth-order valence-electron chi connectivity index (χ4n) is 8.84. The maximum atomic E-state index is 14.7. The Morgan fingerprint density at radius 3 is 2.34 bits per heavy atom. The molecule has 0 saturated heterocycles. The first-order valence-electron chi connectivity index (χ1n) is 20.0. The summed E-state index contributed by atoms with van der Waals surface area (Å²) in [6, 6.07) is 29.1. The number of benzene rings is 4. The van der Waals surface area contributed by atoms with E-state index in [4.69, 9.17) is 9.47 Å². The highest BCUT2D eigenvalue weighted by molar-refractivity contribution is 6.10. The monoisotopic (exact) mass is 758 g/mol. The number of urea groups is 1. The van der Waals surface area contributed by atoms with E-state index in [1.54, 1.807) is 25.2 Å². The van der Waals surface area contributed by atoms with Crippen molar-refractivity contribution in [2.24, 2.45) is 5.41 Å². The number of nitrogens with one attached hydrogen (secondary N) is 1. The number of nitrogens with zero attached hydrogens (tertiary/aromatic N) is 1. The molecule has 3 N–H and O–H groups in total. The molecule has 3 aliphatic carbocycles. The van der Waals surface area contributed by atoms with Crippen LogP contribution in [0.25, 0.3) is 11.1 Å². The Hall–Kier alpha value is -4.92. The van der Waals surface area contributed by atoms with Gasteiger partial charge in [-0.1, -0.05) is 85.3 Å². The average molecular weight is 759 g/mol. The van der Waals surface area contributed by atoms with E-state index < -0.39 is 17.1 Å². The number of amides is 2. The number of rotatable bonds is 10. The van der Waals surface area contributed by atoms with Crippen molar-refractivity contribution in [1.29, 1.82) is 0 Å². The first-order chi connectivity index (χ1) is 26.8. The number of carbonyl (C=O) groups is 2. The highest BCUT2D eigenvalue weighted by Gasteiger charge is 2.57. The fourth-order valence-corrected chi connectivity index (χ4v) is 8.84. The summed E-state index contributed by atoms with van der Waals surface area (Å²) >= 11 is 0. The minimum absolute atomic E-state index is 0.0823. The molecule has 0 spiro atoms. The van der Waals surface area contributed by atoms with Gasteiger partial charge in [-0.2, -0.15) is 0 Å². The lowest BCUT2D eigenvalue weighted by molar-refractivity contribution is -0.0781. The third-order valence-electron chi connectivity index (χ3n) is 12.2. The van der Waals surface area contributed by atoms with Gasteiger partial charge in [0.25, 0.3) is 0 Å². The largest absolute Gasteiger partial charge is 0.497 e. The predicted octanol–water partition coefficient (Wildman–Crippen LogP) is 9.26. The summed E-state index contributed by atoms with van der Waals surface area (Å²) < 4.78 is 11.2. The van der Waals surface area contributed by atoms with Gasteiger partial charge >= 0.3 is 6.03 Å². The maximum absolute atomic E-state index is 14.7. The van der Waals surface area contributed by atoms with E-state index in [9.17, 15) is 19.8 Å². The molecule has 2 bridgehead atoms. The van der Waals surface area contributed by atoms with E-state index in [0.717, 1.165) is 34.2 Å². The summed E-state index contributed by atoms with van der Waals surface area (Å²) in [7, 11) is 3.20. The van der Waals surface area contributed by atoms with E-state index in [-0.39, 0.29) is 36.9 Å². The zero-order valence-corrected chi connectivity index (χ0v) is 33.8. The molecule has 1 fully saturated rings. The molecule has 1 saturated carbocycles. The number of carbonyl (C=O) groups excluding carboxylic acids is 2. The summed E-state index contributed by atoms with van der Waals surface area (Å²) in [6.07, 6.45) is 5.95. The van der Waals surface area contributed by atoms with E-state index in [1.165, 1.54) is 5.57 Å². The molecular formula is C48H58N2O6. The maximum Gasteiger partial charge on any atom is 0.317 e. The van der Waals surface area contributed by atoms with Crippen molar-refractivity contribution in [1.82, 2.24) is 10.2 Å². The van der Waals surface area contributed by atoms with Crippen molar-refractivity contribution in [2.75, 3.05) is 20.8 Å². The van der Waals surface area contributed by atoms with Crippen LogP contribution in [-0.2, 0) is 13.0 Å². The number of ketones is 1. The van der Waals surface area contributed by atoms with Crippen LogP contribution in [0, 0.1) is 5.41 Å². The molecule has 296 valence electrons. The second-order valence-electron chi connectivity index (χ2n) is 16.4. The van der Waals surface area contributed by atoms with Crippen LogP contribution in [0.4, 0.5) is 4.79 Å². The molecule has 7 rings (SSSR count). The van der Waals surface area contributed by atoms with Crippen molar-refractivity contribution >= 4 is 11.8 Å². The van der Waals surface area contributed by atoms with Crippen LogP contribution in [0.5, 0.6) is 11.5 Å². The van der Waals surface area contributed by atoms with Crippen LogP contribution in [-0.4, -0.2) is 65.4 Å². The second kappa shape index (κ2) is 17.5. The number of aliphatic hydroxyl groups excluding tert-OH is 1. The SMILES string of the molecule is COc1ccc(CN(C[C@]2(O)CC[C@H]3c4ccc(cc4C(=O)c4ccc(-c5ccccc5)cc4)C[C@@H](O)CCC(C)=CCC[C@@]32C)C(=O)NC(C)C)c(OC)c1. The standard InChI is InChI=1S/C48H58N2O6/c1-32(2)49-46(53)50(30-38-20-22-40(55-5)29-44(38)56-6)31-48(54)26-24-43-41-23-15-34(27-39(51)21-14-33(3)11-10-25-47(43,48)4)28-42(41)45(52)37-18-16-36(17-19-37)35-12-8-7-9-13-35/h7-9,11-13,15-20,22-23,28-29,32,39,43,51,54H,10,14,21,24-27,30-31H2,1-6H3,(H,49,53)/t39-,43-,47-,48+/m0/s1. The van der Waals surface area contributed by atoms with Gasteiger partial charge in [-0.15, -0.1) is 0 Å². The molecule has 56 heavy (non-hydrogen) atoms. The van der Waals surface area contributed by atoms with Gasteiger partial charge < -0.3 is 29.9 Å². The highest BCUT2D eigenvalue weighted by atomic mass is 16.5. The summed E-state index contributed by atoms with van der Waals surface area (Å²) in [5, 5.41) is 27.2. The van der Waals surface area contributed by atoms with Crippen LogP contribution < -0.4 is 14.8 Å². The Kier molecular flexibility index (Phi) is 12.7. The van der Waals surface area contributed by atoms with Crippen LogP contribution in [0.1, 0.15) is 105 Å². The Morgan fingerprint density at radius 1 is 0.911 bits per heavy atom. The number of hydrogen-bond donors (Lipinski definition) is 3. The molecule has 8 heteroatoms. The van der Waals surface area contributed by atoms with Gasteiger partial charge in [0.05, 0.1) is 39.0 Å². The minimum atomic E-state index is -1.29. The van der Waals surface area contributed by atoms with Gasteiger partial charge in [-0.05, 0) is 112 Å². The van der Waals surface area contributed by atoms with Gasteiger partial charge in [-0.25, -0.2) is 4.79 Å². The van der Waals surface area contributed by atoms with Crippen molar-refractivity contribution < 1.29 is 29.3 Å². The van der Waals surface area contributed by atoms with Crippen LogP contribution in [0.2, 0.25) is 0 Å². The molecule has 3 aliphatic rings. The Morgan fingerprint density at radius 2 is 1.64 bits per heavy atom. The predicted molar refractivity (Wildman–Crippen MR) is 222 cm³/mol. The third-order valence-corrected chi connectivity index (χ3v) is 12.2. The second-order valence-corrected chi connectivity index (χ2v) is 16.4. The summed E-state index contributed by atoms with van der Waals surface area (Å²) in [5.41, 5.74) is 5.08. The van der Waals surface area contributed by atoms with E-state index >= 15 is 0 Å². The number of aliphatic hydroxyl groups is 2. The summed E-state index contributed by atoms with van der Waals surface area (Å²) in [6.45, 7) is 8.40. The normalized spacial score (nSPS) is 22.5. The summed E-state index contributed by atoms with van der Waals surface area (Å²) in [4.78, 5) is 30.4. The average Bonchev–Trinajstić information content (AvgIpc) is 3.45. The fraction of sp³-hybridized carbons (Fsp3) is 0.417. The van der Waals surface area contributed by atoms with Gasteiger partial charge in [0, 0.05) is 34.2 Å². The molecule has 4 atom stereocenters. The first-order valence-corrected chi connectivity index (χ1v) is 20.0. The van der Waals surface area contributed by atoms with Crippen molar-refractivity contribution in [3.63, 3.8) is 0 Å². The van der Waals surface area contributed by atoms with Crippen LogP contribution in [0.15, 0.2) is 103 Å². The Balaban J connectivity index is 1.41. The molecule has 0 unspecified atom stereocenters. The first kappa shape index (κ1) is 40.7. The zero-order valence-electron chi connectivity index (χ0n) is 33.8. The Bertz CT molecular complexity index is 2030. The minimum Gasteiger partial charge on any atom is -0.497 e. The van der Waals surface area contributed by atoms with Crippen LogP contribution in [0.3, 0.4) is 0 Å². The van der Waals surface area contributed by atoms with E-state index in [0.29, 0.717) is 61.2 Å². The lowest BCUT2D eigenvalue weighted by Crippen LogP contribution is -2.55. The van der Waals surface area contributed by atoms with Crippen molar-refractivity contribution in [3.8, 4) is 22.6 Å². The molecule has 4 aromatic rings. The molecule has 4 aromatic carbocycles. The van der Waals surface area contributed by atoms with Gasteiger partial charge in [-0.3, -0.25) is 4.79 Å². The lowest BCUT2D eigenvalue weighted by Gasteiger charge is -2.46. The topological polar surface area (TPSA) is 108 Å². The van der Waals surface area contributed by atoms with Gasteiger partial charge in [0.1, 0.15) is 11.5 Å².